The second kappa shape index (κ2) is 5.66. The number of nitrogens with zero attached hydrogens (tertiary/aromatic N) is 2. The zero-order valence-electron chi connectivity index (χ0n) is 9.95. The lowest BCUT2D eigenvalue weighted by Gasteiger charge is -2.47. The average Bonchev–Trinajstić information content (AvgIpc) is 2.25. The Labute approximate surface area is 87.5 Å². The van der Waals surface area contributed by atoms with Crippen LogP contribution in [-0.4, -0.2) is 48.6 Å². The van der Waals surface area contributed by atoms with Gasteiger partial charge in [-0.3, -0.25) is 0 Å². The molecule has 4 heteroatoms. The Morgan fingerprint density at radius 2 is 0.857 bits per heavy atom. The van der Waals surface area contributed by atoms with Crippen LogP contribution in [0.15, 0.2) is 0 Å². The molecule has 86 valence electrons. The second-order valence-electron chi connectivity index (χ2n) is 3.83. The van der Waals surface area contributed by atoms with Gasteiger partial charge in [0.15, 0.2) is 0 Å². The second-order valence-corrected chi connectivity index (χ2v) is 3.83. The smallest absolute Gasteiger partial charge is 0.128 e. The minimum atomic E-state index is -0.234. The molecule has 0 spiro atoms. The molecule has 0 aromatic carbocycles. The third-order valence-electron chi connectivity index (χ3n) is 3.22. The average molecular weight is 204 g/mol. The van der Waals surface area contributed by atoms with Gasteiger partial charge in [-0.15, -0.1) is 0 Å². The molecular formula is C10H24N2O2. The van der Waals surface area contributed by atoms with E-state index >= 15 is 0 Å². The van der Waals surface area contributed by atoms with Gasteiger partial charge in [-0.25, -0.2) is 0 Å². The van der Waals surface area contributed by atoms with E-state index in [-0.39, 0.29) is 9.29 Å². The molecule has 0 heterocycles. The van der Waals surface area contributed by atoms with Crippen LogP contribution in [0.4, 0.5) is 0 Å². The molecule has 0 atom stereocenters. The fourth-order valence-corrected chi connectivity index (χ4v) is 1.44. The van der Waals surface area contributed by atoms with Gasteiger partial charge in [-0.05, 0) is 27.7 Å². The van der Waals surface area contributed by atoms with Gasteiger partial charge < -0.3 is 19.7 Å². The van der Waals surface area contributed by atoms with Crippen molar-refractivity contribution in [2.24, 2.45) is 0 Å². The van der Waals surface area contributed by atoms with E-state index in [4.69, 9.17) is 0 Å². The van der Waals surface area contributed by atoms with Crippen molar-refractivity contribution in [3.8, 4) is 0 Å². The lowest BCUT2D eigenvalue weighted by Crippen LogP contribution is -2.52. The van der Waals surface area contributed by atoms with Gasteiger partial charge in [0, 0.05) is 0 Å². The first-order valence-corrected chi connectivity index (χ1v) is 5.59. The molecule has 0 rings (SSSR count). The monoisotopic (exact) mass is 204 g/mol. The van der Waals surface area contributed by atoms with Crippen LogP contribution in [0.1, 0.15) is 27.7 Å². The van der Waals surface area contributed by atoms with Gasteiger partial charge in [-0.2, -0.15) is 0 Å². The summed E-state index contributed by atoms with van der Waals surface area (Å²) >= 11 is 0. The van der Waals surface area contributed by atoms with E-state index in [9.17, 15) is 10.4 Å². The normalized spacial score (nSPS) is 13.3. The zero-order valence-corrected chi connectivity index (χ0v) is 9.95. The minimum Gasteiger partial charge on any atom is -0.633 e. The van der Waals surface area contributed by atoms with E-state index in [1.807, 2.05) is 27.7 Å². The molecule has 0 unspecified atom stereocenters. The molecule has 0 aliphatic carbocycles. The largest absolute Gasteiger partial charge is 0.633 e. The fourth-order valence-electron chi connectivity index (χ4n) is 1.44. The molecule has 0 aromatic rings. The molecule has 4 nitrogen and oxygen atoms in total. The van der Waals surface area contributed by atoms with Crippen molar-refractivity contribution in [2.75, 3.05) is 39.3 Å². The number of likely N-dealkylation sites (N-methyl/N-ethyl adjacent to an activating group) is 2. The van der Waals surface area contributed by atoms with Crippen molar-refractivity contribution in [1.82, 2.24) is 0 Å². The van der Waals surface area contributed by atoms with Crippen LogP contribution in [0.25, 0.3) is 0 Å². The Balaban J connectivity index is 4.14. The maximum atomic E-state index is 11.9. The first-order chi connectivity index (χ1) is 6.45. The third kappa shape index (κ3) is 3.92. The lowest BCUT2D eigenvalue weighted by atomic mass is 10.4. The highest BCUT2D eigenvalue weighted by Crippen LogP contribution is 2.08. The van der Waals surface area contributed by atoms with Crippen molar-refractivity contribution in [3.63, 3.8) is 0 Å². The van der Waals surface area contributed by atoms with Crippen LogP contribution in [0.5, 0.6) is 0 Å². The molecule has 0 aromatic heterocycles. The van der Waals surface area contributed by atoms with Crippen LogP contribution >= 0.6 is 0 Å². The van der Waals surface area contributed by atoms with Crippen LogP contribution in [0.3, 0.4) is 0 Å². The summed E-state index contributed by atoms with van der Waals surface area (Å²) < 4.78 is -0.468. The quantitative estimate of drug-likeness (QED) is 0.468. The van der Waals surface area contributed by atoms with Crippen molar-refractivity contribution >= 4 is 0 Å². The van der Waals surface area contributed by atoms with Gasteiger partial charge >= 0.3 is 0 Å². The first-order valence-electron chi connectivity index (χ1n) is 5.59. The van der Waals surface area contributed by atoms with Crippen LogP contribution in [0, 0.1) is 10.4 Å². The number of rotatable bonds is 7. The Morgan fingerprint density at radius 1 is 0.643 bits per heavy atom. The Morgan fingerprint density at radius 3 is 1.00 bits per heavy atom. The highest BCUT2D eigenvalue weighted by atomic mass is 16.6. The van der Waals surface area contributed by atoms with E-state index in [0.29, 0.717) is 39.3 Å². The highest BCUT2D eigenvalue weighted by Gasteiger charge is 2.18. The van der Waals surface area contributed by atoms with Gasteiger partial charge in [0.1, 0.15) is 13.1 Å². The fraction of sp³-hybridized carbons (Fsp3) is 1.00. The lowest BCUT2D eigenvalue weighted by molar-refractivity contribution is -0.933. The van der Waals surface area contributed by atoms with Gasteiger partial charge in [0.2, 0.25) is 0 Å². The summed E-state index contributed by atoms with van der Waals surface area (Å²) in [7, 11) is 0. The summed E-state index contributed by atoms with van der Waals surface area (Å²) in [5.74, 6) is 0. The summed E-state index contributed by atoms with van der Waals surface area (Å²) in [6.07, 6.45) is 0. The molecule has 0 radical (unpaired) electrons. The van der Waals surface area contributed by atoms with Crippen LogP contribution < -0.4 is 0 Å². The molecule has 14 heavy (non-hydrogen) atoms. The minimum absolute atomic E-state index is 0.234. The van der Waals surface area contributed by atoms with Crippen molar-refractivity contribution in [3.05, 3.63) is 10.4 Å². The van der Waals surface area contributed by atoms with Gasteiger partial charge in [-0.1, -0.05) is 0 Å². The van der Waals surface area contributed by atoms with E-state index in [0.717, 1.165) is 0 Å². The molecule has 0 saturated heterocycles. The van der Waals surface area contributed by atoms with Gasteiger partial charge in [0.25, 0.3) is 0 Å². The Hall–Kier alpha value is -0.160. The van der Waals surface area contributed by atoms with Gasteiger partial charge in [0.05, 0.1) is 26.2 Å². The third-order valence-corrected chi connectivity index (χ3v) is 3.22. The summed E-state index contributed by atoms with van der Waals surface area (Å²) in [6, 6.07) is 0. The number of hydroxylamine groups is 6. The van der Waals surface area contributed by atoms with E-state index in [1.165, 1.54) is 0 Å². The molecular weight excluding hydrogens is 180 g/mol. The van der Waals surface area contributed by atoms with E-state index < -0.39 is 0 Å². The van der Waals surface area contributed by atoms with Crippen molar-refractivity contribution in [2.45, 2.75) is 27.7 Å². The highest BCUT2D eigenvalue weighted by molar-refractivity contribution is 4.44. The Kier molecular flexibility index (Phi) is 5.59. The summed E-state index contributed by atoms with van der Waals surface area (Å²) in [6.45, 7) is 10.7. The molecule has 0 bridgehead atoms. The SMILES string of the molecule is CC[N+]([O-])(CC)CC[N+]([O-])(CC)CC. The summed E-state index contributed by atoms with van der Waals surface area (Å²) in [5, 5.41) is 23.8. The predicted molar refractivity (Wildman–Crippen MR) is 59.2 cm³/mol. The Bertz CT molecular complexity index is 136. The molecule has 0 aliphatic rings. The zero-order chi connectivity index (χ0) is 11.2. The van der Waals surface area contributed by atoms with Crippen molar-refractivity contribution < 1.29 is 9.29 Å². The number of quaternary nitrogens is 2. The summed E-state index contributed by atoms with van der Waals surface area (Å²) in [4.78, 5) is 0. The van der Waals surface area contributed by atoms with Crippen molar-refractivity contribution in [1.29, 1.82) is 0 Å². The maximum Gasteiger partial charge on any atom is 0.128 e. The topological polar surface area (TPSA) is 46.1 Å². The van der Waals surface area contributed by atoms with Crippen LogP contribution in [-0.2, 0) is 0 Å². The molecule has 0 fully saturated rings. The van der Waals surface area contributed by atoms with E-state index in [1.54, 1.807) is 0 Å². The van der Waals surface area contributed by atoms with E-state index in [2.05, 4.69) is 0 Å². The number of hydrogen-bond acceptors (Lipinski definition) is 2. The molecule has 0 amide bonds. The number of hydrogen-bond donors (Lipinski definition) is 0. The first kappa shape index (κ1) is 13.8. The maximum absolute atomic E-state index is 11.9. The standard InChI is InChI=1S/C10H24N2O2/c1-5-11(13,6-2)9-10-12(14,7-3)8-4/h5-10H2,1-4H3. The van der Waals surface area contributed by atoms with Crippen LogP contribution in [0.2, 0.25) is 0 Å². The molecule has 0 N–H and O–H groups in total. The summed E-state index contributed by atoms with van der Waals surface area (Å²) in [5.41, 5.74) is 0. The molecule has 0 saturated carbocycles. The predicted octanol–water partition coefficient (Wildman–Crippen LogP) is 1.70. The molecule has 0 aliphatic heterocycles.